The number of hydrogen-bond donors (Lipinski definition) is 1. The average Bonchev–Trinajstić information content (AvgIpc) is 2.39. The van der Waals surface area contributed by atoms with Gasteiger partial charge in [0.1, 0.15) is 0 Å². The van der Waals surface area contributed by atoms with E-state index in [2.05, 4.69) is 0 Å². The highest BCUT2D eigenvalue weighted by molar-refractivity contribution is 7.98. The first-order chi connectivity index (χ1) is 8.20. The molecule has 0 saturated carbocycles. The molecule has 0 saturated heterocycles. The molecule has 2 aromatic rings. The second-order valence-corrected chi connectivity index (χ2v) is 5.35. The van der Waals surface area contributed by atoms with Crippen molar-refractivity contribution < 1.29 is 8.76 Å². The van der Waals surface area contributed by atoms with Gasteiger partial charge in [-0.2, -0.15) is 0 Å². The first-order valence-corrected chi connectivity index (χ1v) is 7.39. The Bertz CT molecular complexity index is 535. The molecule has 0 heterocycles. The monoisotopic (exact) mass is 264 g/mol. The largest absolute Gasteiger partial charge is 0.302 e. The molecule has 88 valence electrons. The van der Waals surface area contributed by atoms with Crippen LogP contribution in [0.1, 0.15) is 0 Å². The number of hydrogen-bond acceptors (Lipinski definition) is 2. The summed E-state index contributed by atoms with van der Waals surface area (Å²) in [5, 5.41) is 0. The molecule has 17 heavy (non-hydrogen) atoms. The fourth-order valence-corrected chi connectivity index (χ4v) is 2.40. The van der Waals surface area contributed by atoms with E-state index in [4.69, 9.17) is 4.55 Å². The van der Waals surface area contributed by atoms with Gasteiger partial charge in [0.2, 0.25) is 0 Å². The maximum Gasteiger partial charge on any atom is 0.186 e. The van der Waals surface area contributed by atoms with Crippen LogP contribution >= 0.6 is 11.8 Å². The van der Waals surface area contributed by atoms with Gasteiger partial charge in [-0.3, -0.25) is 0 Å². The summed E-state index contributed by atoms with van der Waals surface area (Å²) in [6.45, 7) is 0. The summed E-state index contributed by atoms with van der Waals surface area (Å²) in [6, 6.07) is 15.2. The molecule has 1 N–H and O–H groups in total. The molecule has 4 heteroatoms. The SMILES string of the molecule is CSc1ccc(-c2cccc(S(=O)O)c2)cc1. The van der Waals surface area contributed by atoms with Gasteiger partial charge < -0.3 is 4.55 Å². The summed E-state index contributed by atoms with van der Waals surface area (Å²) in [5.41, 5.74) is 2.01. The number of benzene rings is 2. The zero-order chi connectivity index (χ0) is 12.3. The summed E-state index contributed by atoms with van der Waals surface area (Å²) in [4.78, 5) is 1.63. The summed E-state index contributed by atoms with van der Waals surface area (Å²) in [5.74, 6) is 0. The fraction of sp³-hybridized carbons (Fsp3) is 0.0769. The van der Waals surface area contributed by atoms with Crippen LogP contribution < -0.4 is 0 Å². The van der Waals surface area contributed by atoms with Crippen molar-refractivity contribution in [2.45, 2.75) is 9.79 Å². The van der Waals surface area contributed by atoms with Crippen molar-refractivity contribution in [3.8, 4) is 11.1 Å². The predicted molar refractivity (Wildman–Crippen MR) is 72.7 cm³/mol. The Morgan fingerprint density at radius 1 is 1.06 bits per heavy atom. The van der Waals surface area contributed by atoms with Crippen LogP contribution in [0.2, 0.25) is 0 Å². The molecular formula is C13H12O2S2. The number of rotatable bonds is 3. The zero-order valence-electron chi connectivity index (χ0n) is 9.29. The van der Waals surface area contributed by atoms with Crippen LogP contribution in [0.4, 0.5) is 0 Å². The molecule has 0 radical (unpaired) electrons. The van der Waals surface area contributed by atoms with Gasteiger partial charge >= 0.3 is 0 Å². The Labute approximate surface area is 107 Å². The molecule has 2 rings (SSSR count). The van der Waals surface area contributed by atoms with Gasteiger partial charge in [-0.15, -0.1) is 11.8 Å². The minimum Gasteiger partial charge on any atom is -0.302 e. The quantitative estimate of drug-likeness (QED) is 0.679. The minimum atomic E-state index is -1.92. The van der Waals surface area contributed by atoms with Crippen LogP contribution in [-0.4, -0.2) is 15.0 Å². The molecule has 0 spiro atoms. The molecule has 0 aliphatic heterocycles. The van der Waals surface area contributed by atoms with Gasteiger partial charge in [0.05, 0.1) is 4.90 Å². The van der Waals surface area contributed by atoms with E-state index >= 15 is 0 Å². The summed E-state index contributed by atoms with van der Waals surface area (Å²) in [6.07, 6.45) is 2.03. The average molecular weight is 264 g/mol. The van der Waals surface area contributed by atoms with Gasteiger partial charge in [0, 0.05) is 4.90 Å². The third kappa shape index (κ3) is 2.97. The predicted octanol–water partition coefficient (Wildman–Crippen LogP) is 3.66. The van der Waals surface area contributed by atoms with Crippen LogP contribution in [0.5, 0.6) is 0 Å². The van der Waals surface area contributed by atoms with Crippen molar-refractivity contribution in [2.24, 2.45) is 0 Å². The molecule has 0 bridgehead atoms. The van der Waals surface area contributed by atoms with E-state index in [0.29, 0.717) is 4.90 Å². The lowest BCUT2D eigenvalue weighted by Crippen LogP contribution is -1.88. The van der Waals surface area contributed by atoms with E-state index in [1.165, 1.54) is 4.90 Å². The molecule has 0 aliphatic carbocycles. The van der Waals surface area contributed by atoms with Crippen molar-refractivity contribution >= 4 is 22.8 Å². The Morgan fingerprint density at radius 2 is 1.76 bits per heavy atom. The first kappa shape index (κ1) is 12.4. The lowest BCUT2D eigenvalue weighted by molar-refractivity contribution is 0.564. The standard InChI is InChI=1S/C13H12O2S2/c1-16-12-7-5-10(6-8-12)11-3-2-4-13(9-11)17(14)15/h2-9H,1H3,(H,14,15). The van der Waals surface area contributed by atoms with Gasteiger partial charge in [0.25, 0.3) is 0 Å². The van der Waals surface area contributed by atoms with Gasteiger partial charge in [0.15, 0.2) is 11.1 Å². The van der Waals surface area contributed by atoms with Crippen LogP contribution in [0.3, 0.4) is 0 Å². The summed E-state index contributed by atoms with van der Waals surface area (Å²) < 4.78 is 20.0. The lowest BCUT2D eigenvalue weighted by Gasteiger charge is -2.04. The van der Waals surface area contributed by atoms with Gasteiger partial charge in [-0.1, -0.05) is 24.3 Å². The van der Waals surface area contributed by atoms with Crippen LogP contribution in [0.25, 0.3) is 11.1 Å². The Balaban J connectivity index is 2.38. The second-order valence-electron chi connectivity index (χ2n) is 3.51. The van der Waals surface area contributed by atoms with Crippen molar-refractivity contribution in [1.82, 2.24) is 0 Å². The van der Waals surface area contributed by atoms with E-state index in [9.17, 15) is 4.21 Å². The maximum atomic E-state index is 11.0. The molecule has 0 amide bonds. The van der Waals surface area contributed by atoms with Gasteiger partial charge in [-0.05, 0) is 41.6 Å². The fourth-order valence-electron chi connectivity index (χ4n) is 1.57. The van der Waals surface area contributed by atoms with E-state index in [1.807, 2.05) is 36.6 Å². The Hall–Kier alpha value is -1.10. The van der Waals surface area contributed by atoms with Crippen LogP contribution in [0.15, 0.2) is 58.3 Å². The maximum absolute atomic E-state index is 11.0. The zero-order valence-corrected chi connectivity index (χ0v) is 10.9. The van der Waals surface area contributed by atoms with E-state index in [1.54, 1.807) is 30.0 Å². The lowest BCUT2D eigenvalue weighted by atomic mass is 10.1. The van der Waals surface area contributed by atoms with E-state index < -0.39 is 11.1 Å². The molecule has 2 aromatic carbocycles. The second kappa shape index (κ2) is 5.49. The van der Waals surface area contributed by atoms with Crippen LogP contribution in [-0.2, 0) is 11.1 Å². The summed E-state index contributed by atoms with van der Waals surface area (Å²) in [7, 11) is 0. The smallest absolute Gasteiger partial charge is 0.186 e. The molecule has 2 nitrogen and oxygen atoms in total. The Kier molecular flexibility index (Phi) is 3.99. The first-order valence-electron chi connectivity index (χ1n) is 5.06. The molecule has 1 unspecified atom stereocenters. The minimum absolute atomic E-state index is 0.427. The highest BCUT2D eigenvalue weighted by Crippen LogP contribution is 2.24. The summed E-state index contributed by atoms with van der Waals surface area (Å²) >= 11 is -0.231. The highest BCUT2D eigenvalue weighted by Gasteiger charge is 2.03. The third-order valence-electron chi connectivity index (χ3n) is 2.46. The van der Waals surface area contributed by atoms with Crippen molar-refractivity contribution in [3.05, 3.63) is 48.5 Å². The van der Waals surface area contributed by atoms with E-state index in [0.717, 1.165) is 11.1 Å². The Morgan fingerprint density at radius 3 is 2.35 bits per heavy atom. The third-order valence-corrected chi connectivity index (χ3v) is 3.86. The number of thioether (sulfide) groups is 1. The van der Waals surface area contributed by atoms with Crippen LogP contribution in [0, 0.1) is 0 Å². The normalized spacial score (nSPS) is 12.4. The molecule has 0 fully saturated rings. The topological polar surface area (TPSA) is 37.3 Å². The molecule has 0 aliphatic rings. The molecular weight excluding hydrogens is 252 g/mol. The van der Waals surface area contributed by atoms with Gasteiger partial charge in [-0.25, -0.2) is 4.21 Å². The van der Waals surface area contributed by atoms with Crippen molar-refractivity contribution in [2.75, 3.05) is 6.26 Å². The molecule has 1 atom stereocenters. The van der Waals surface area contributed by atoms with Crippen molar-refractivity contribution in [1.29, 1.82) is 0 Å². The highest BCUT2D eigenvalue weighted by atomic mass is 32.2. The van der Waals surface area contributed by atoms with E-state index in [-0.39, 0.29) is 0 Å². The molecule has 0 aromatic heterocycles. The van der Waals surface area contributed by atoms with Crippen molar-refractivity contribution in [3.63, 3.8) is 0 Å².